The minimum Gasteiger partial charge on any atom is -0.468 e. The molecule has 0 amide bonds. The highest BCUT2D eigenvalue weighted by Crippen LogP contribution is 2.25. The Morgan fingerprint density at radius 1 is 1.53 bits per heavy atom. The number of carbonyl (C=O) groups is 1. The largest absolute Gasteiger partial charge is 0.468 e. The highest BCUT2D eigenvalue weighted by Gasteiger charge is 2.26. The summed E-state index contributed by atoms with van der Waals surface area (Å²) in [4.78, 5) is 13.4. The summed E-state index contributed by atoms with van der Waals surface area (Å²) in [6.07, 6.45) is 0. The van der Waals surface area contributed by atoms with Crippen molar-refractivity contribution in [1.82, 2.24) is 4.90 Å². The number of hydrogen-bond acceptors (Lipinski definition) is 4. The molecule has 3 atom stereocenters. The maximum atomic E-state index is 11.2. The van der Waals surface area contributed by atoms with E-state index >= 15 is 0 Å². The summed E-state index contributed by atoms with van der Waals surface area (Å²) >= 11 is 5.37. The van der Waals surface area contributed by atoms with Gasteiger partial charge in [-0.15, -0.1) is 0 Å². The molecule has 0 bridgehead atoms. The van der Waals surface area contributed by atoms with Crippen LogP contribution < -0.4 is 0 Å². The first-order valence-electron chi connectivity index (χ1n) is 5.12. The third kappa shape index (κ3) is 4.33. The Labute approximate surface area is 104 Å². The molecule has 0 aromatic rings. The summed E-state index contributed by atoms with van der Waals surface area (Å²) in [5, 5.41) is 1.29. The second-order valence-electron chi connectivity index (χ2n) is 3.97. The van der Waals surface area contributed by atoms with Crippen molar-refractivity contribution < 1.29 is 9.53 Å². The average molecular weight is 296 g/mol. The number of carbonyl (C=O) groups excluding carboxylic acids is 1. The number of alkyl halides is 1. The zero-order valence-corrected chi connectivity index (χ0v) is 11.8. The molecular formula is C10H18BrNO2S. The smallest absolute Gasteiger partial charge is 0.320 e. The Kier molecular flexibility index (Phi) is 5.43. The van der Waals surface area contributed by atoms with Crippen LogP contribution in [0.5, 0.6) is 0 Å². The predicted octanol–water partition coefficient (Wildman–Crippen LogP) is 1.75. The first-order chi connectivity index (χ1) is 7.02. The van der Waals surface area contributed by atoms with Crippen LogP contribution in [0.15, 0.2) is 0 Å². The monoisotopic (exact) mass is 295 g/mol. The van der Waals surface area contributed by atoms with Gasteiger partial charge in [0.2, 0.25) is 0 Å². The number of thioether (sulfide) groups is 1. The third-order valence-electron chi connectivity index (χ3n) is 2.37. The van der Waals surface area contributed by atoms with Gasteiger partial charge in [-0.3, -0.25) is 9.69 Å². The average Bonchev–Trinajstić information content (AvgIpc) is 2.14. The van der Waals surface area contributed by atoms with Crippen molar-refractivity contribution >= 4 is 33.7 Å². The SMILES string of the molecule is COC(=O)C(Br)CN1CC(C)SC(C)C1. The van der Waals surface area contributed by atoms with E-state index in [0.29, 0.717) is 10.5 Å². The summed E-state index contributed by atoms with van der Waals surface area (Å²) in [6, 6.07) is 0. The van der Waals surface area contributed by atoms with Crippen molar-refractivity contribution in [3.63, 3.8) is 0 Å². The lowest BCUT2D eigenvalue weighted by atomic mass is 10.3. The van der Waals surface area contributed by atoms with E-state index in [2.05, 4.69) is 39.4 Å². The van der Waals surface area contributed by atoms with E-state index < -0.39 is 0 Å². The van der Waals surface area contributed by atoms with Crippen LogP contribution in [0.1, 0.15) is 13.8 Å². The highest BCUT2D eigenvalue weighted by molar-refractivity contribution is 9.10. The molecule has 5 heteroatoms. The molecule has 1 fully saturated rings. The van der Waals surface area contributed by atoms with Crippen molar-refractivity contribution in [2.45, 2.75) is 29.2 Å². The second-order valence-corrected chi connectivity index (χ2v) is 6.95. The number of esters is 1. The van der Waals surface area contributed by atoms with Crippen molar-refractivity contribution in [3.8, 4) is 0 Å². The standard InChI is InChI=1S/C10H18BrNO2S/c1-7-4-12(5-8(2)15-7)6-9(11)10(13)14-3/h7-9H,4-6H2,1-3H3. The first-order valence-corrected chi connectivity index (χ1v) is 6.98. The lowest BCUT2D eigenvalue weighted by Crippen LogP contribution is -2.44. The Balaban J connectivity index is 2.40. The molecule has 0 aliphatic carbocycles. The maximum absolute atomic E-state index is 11.2. The predicted molar refractivity (Wildman–Crippen MR) is 67.7 cm³/mol. The molecule has 1 aliphatic rings. The van der Waals surface area contributed by atoms with Gasteiger partial charge >= 0.3 is 5.97 Å². The van der Waals surface area contributed by atoms with Gasteiger partial charge in [0.05, 0.1) is 7.11 Å². The van der Waals surface area contributed by atoms with Crippen molar-refractivity contribution in [3.05, 3.63) is 0 Å². The third-order valence-corrected chi connectivity index (χ3v) is 4.26. The zero-order chi connectivity index (χ0) is 11.4. The second kappa shape index (κ2) is 6.11. The molecule has 0 aromatic carbocycles. The Morgan fingerprint density at radius 2 is 2.07 bits per heavy atom. The lowest BCUT2D eigenvalue weighted by molar-refractivity contribution is -0.140. The lowest BCUT2D eigenvalue weighted by Gasteiger charge is -2.35. The van der Waals surface area contributed by atoms with Gasteiger partial charge in [-0.05, 0) is 0 Å². The molecule has 0 saturated carbocycles. The quantitative estimate of drug-likeness (QED) is 0.586. The Hall–Kier alpha value is 0.260. The van der Waals surface area contributed by atoms with Crippen LogP contribution in [0, 0.1) is 0 Å². The number of methoxy groups -OCH3 is 1. The number of hydrogen-bond donors (Lipinski definition) is 0. The van der Waals surface area contributed by atoms with Gasteiger partial charge in [0.15, 0.2) is 0 Å². The van der Waals surface area contributed by atoms with Crippen LogP contribution in [0.2, 0.25) is 0 Å². The first kappa shape index (κ1) is 13.3. The molecule has 1 heterocycles. The maximum Gasteiger partial charge on any atom is 0.320 e. The van der Waals surface area contributed by atoms with E-state index in [4.69, 9.17) is 0 Å². The van der Waals surface area contributed by atoms with Crippen LogP contribution in [0.25, 0.3) is 0 Å². The van der Waals surface area contributed by atoms with E-state index in [-0.39, 0.29) is 10.8 Å². The number of rotatable bonds is 3. The fourth-order valence-electron chi connectivity index (χ4n) is 1.86. The summed E-state index contributed by atoms with van der Waals surface area (Å²) in [5.41, 5.74) is 0. The van der Waals surface area contributed by atoms with Crippen LogP contribution in [-0.4, -0.2) is 52.9 Å². The molecule has 3 unspecified atom stereocenters. The van der Waals surface area contributed by atoms with Gasteiger partial charge < -0.3 is 4.74 Å². The van der Waals surface area contributed by atoms with E-state index in [1.807, 2.05) is 11.8 Å². The molecule has 1 aliphatic heterocycles. The Morgan fingerprint density at radius 3 is 2.53 bits per heavy atom. The normalized spacial score (nSPS) is 29.9. The van der Waals surface area contributed by atoms with Gasteiger partial charge in [-0.25, -0.2) is 0 Å². The summed E-state index contributed by atoms with van der Waals surface area (Å²) in [5.74, 6) is -0.187. The van der Waals surface area contributed by atoms with E-state index in [1.165, 1.54) is 7.11 Å². The minimum absolute atomic E-state index is 0.187. The van der Waals surface area contributed by atoms with Gasteiger partial charge in [0.25, 0.3) is 0 Å². The van der Waals surface area contributed by atoms with Crippen molar-refractivity contribution in [2.75, 3.05) is 26.7 Å². The summed E-state index contributed by atoms with van der Waals surface area (Å²) < 4.78 is 4.69. The Bertz CT molecular complexity index is 217. The molecule has 1 saturated heterocycles. The summed E-state index contributed by atoms with van der Waals surface area (Å²) in [7, 11) is 1.42. The molecule has 0 N–H and O–H groups in total. The molecule has 88 valence electrons. The molecule has 0 aromatic heterocycles. The van der Waals surface area contributed by atoms with Crippen LogP contribution in [0.3, 0.4) is 0 Å². The van der Waals surface area contributed by atoms with Crippen molar-refractivity contribution in [2.24, 2.45) is 0 Å². The summed E-state index contributed by atoms with van der Waals surface area (Å²) in [6.45, 7) is 7.30. The van der Waals surface area contributed by atoms with E-state index in [9.17, 15) is 4.79 Å². The molecule has 15 heavy (non-hydrogen) atoms. The van der Waals surface area contributed by atoms with Crippen LogP contribution in [0.4, 0.5) is 0 Å². The van der Waals surface area contributed by atoms with E-state index in [0.717, 1.165) is 19.6 Å². The molecule has 0 radical (unpaired) electrons. The van der Waals surface area contributed by atoms with Gasteiger partial charge in [-0.1, -0.05) is 29.8 Å². The number of ether oxygens (including phenoxy) is 1. The van der Waals surface area contributed by atoms with Gasteiger partial charge in [0.1, 0.15) is 4.83 Å². The fourth-order valence-corrected chi connectivity index (χ4v) is 3.85. The van der Waals surface area contributed by atoms with Crippen LogP contribution >= 0.6 is 27.7 Å². The molecular weight excluding hydrogens is 278 g/mol. The van der Waals surface area contributed by atoms with Gasteiger partial charge in [-0.2, -0.15) is 11.8 Å². The molecule has 3 nitrogen and oxygen atoms in total. The molecule has 0 spiro atoms. The fraction of sp³-hybridized carbons (Fsp3) is 0.900. The minimum atomic E-state index is -0.204. The number of halogens is 1. The zero-order valence-electron chi connectivity index (χ0n) is 9.40. The topological polar surface area (TPSA) is 29.5 Å². The highest BCUT2D eigenvalue weighted by atomic mass is 79.9. The van der Waals surface area contributed by atoms with Gasteiger partial charge in [0, 0.05) is 30.1 Å². The molecule has 1 rings (SSSR count). The van der Waals surface area contributed by atoms with E-state index in [1.54, 1.807) is 0 Å². The number of nitrogens with zero attached hydrogens (tertiary/aromatic N) is 1. The van der Waals surface area contributed by atoms with Crippen molar-refractivity contribution in [1.29, 1.82) is 0 Å². The van der Waals surface area contributed by atoms with Crippen LogP contribution in [-0.2, 0) is 9.53 Å².